The summed E-state index contributed by atoms with van der Waals surface area (Å²) >= 11 is 0. The van der Waals surface area contributed by atoms with Gasteiger partial charge in [-0.25, -0.2) is 4.79 Å². The van der Waals surface area contributed by atoms with Gasteiger partial charge in [-0.15, -0.1) is 0 Å². The Morgan fingerprint density at radius 3 is 2.30 bits per heavy atom. The van der Waals surface area contributed by atoms with Crippen molar-refractivity contribution in [3.05, 3.63) is 29.8 Å². The highest BCUT2D eigenvalue weighted by Crippen LogP contribution is 2.30. The number of methoxy groups -OCH3 is 1. The largest absolute Gasteiger partial charge is 0.497 e. The lowest BCUT2D eigenvalue weighted by Crippen LogP contribution is -2.48. The fraction of sp³-hybridized carbons (Fsp3) is 0.667. The monoisotopic (exact) mass is 416 g/mol. The summed E-state index contributed by atoms with van der Waals surface area (Å²) in [6.07, 6.45) is 4.60. The van der Waals surface area contributed by atoms with E-state index in [9.17, 15) is 9.59 Å². The van der Waals surface area contributed by atoms with Crippen molar-refractivity contribution in [2.45, 2.75) is 64.4 Å². The molecule has 2 atom stereocenters. The van der Waals surface area contributed by atoms with Gasteiger partial charge in [-0.05, 0) is 64.2 Å². The van der Waals surface area contributed by atoms with Gasteiger partial charge in [-0.1, -0.05) is 18.6 Å². The van der Waals surface area contributed by atoms with E-state index in [1.807, 2.05) is 37.8 Å². The zero-order valence-corrected chi connectivity index (χ0v) is 18.9. The van der Waals surface area contributed by atoms with Gasteiger partial charge in [0.15, 0.2) is 0 Å². The molecule has 6 nitrogen and oxygen atoms in total. The predicted molar refractivity (Wildman–Crippen MR) is 117 cm³/mol. The van der Waals surface area contributed by atoms with E-state index in [4.69, 9.17) is 9.47 Å². The lowest BCUT2D eigenvalue weighted by Gasteiger charge is -2.36. The highest BCUT2D eigenvalue weighted by molar-refractivity contribution is 5.80. The Balaban J connectivity index is 1.64. The molecule has 0 aromatic heterocycles. The van der Waals surface area contributed by atoms with Crippen LogP contribution < -0.4 is 4.74 Å². The molecule has 0 radical (unpaired) electrons. The number of piperidine rings is 1. The number of hydrogen-bond acceptors (Lipinski definition) is 4. The summed E-state index contributed by atoms with van der Waals surface area (Å²) in [5.74, 6) is 1.24. The average molecular weight is 417 g/mol. The molecule has 0 spiro atoms. The first kappa shape index (κ1) is 22.4. The highest BCUT2D eigenvalue weighted by atomic mass is 16.6. The smallest absolute Gasteiger partial charge is 0.410 e. The number of amides is 2. The molecule has 2 amide bonds. The summed E-state index contributed by atoms with van der Waals surface area (Å²) in [6.45, 7) is 8.27. The fourth-order valence-electron chi connectivity index (χ4n) is 4.42. The van der Waals surface area contributed by atoms with Crippen molar-refractivity contribution in [1.82, 2.24) is 9.80 Å². The second-order valence-corrected chi connectivity index (χ2v) is 9.52. The Kier molecular flexibility index (Phi) is 7.27. The van der Waals surface area contributed by atoms with E-state index in [-0.39, 0.29) is 17.9 Å². The van der Waals surface area contributed by atoms with Crippen LogP contribution in [0.2, 0.25) is 0 Å². The van der Waals surface area contributed by atoms with Gasteiger partial charge < -0.3 is 19.3 Å². The van der Waals surface area contributed by atoms with Crippen molar-refractivity contribution in [2.24, 2.45) is 5.92 Å². The molecule has 2 aliphatic heterocycles. The van der Waals surface area contributed by atoms with Gasteiger partial charge in [0, 0.05) is 32.1 Å². The molecule has 0 N–H and O–H groups in total. The van der Waals surface area contributed by atoms with Gasteiger partial charge in [0.25, 0.3) is 0 Å². The third kappa shape index (κ3) is 5.89. The predicted octanol–water partition coefficient (Wildman–Crippen LogP) is 4.44. The number of nitrogens with zero attached hydrogens (tertiary/aromatic N) is 2. The van der Waals surface area contributed by atoms with Crippen LogP contribution in [0.3, 0.4) is 0 Å². The van der Waals surface area contributed by atoms with Gasteiger partial charge >= 0.3 is 6.09 Å². The van der Waals surface area contributed by atoms with E-state index in [1.165, 1.54) is 5.56 Å². The zero-order valence-electron chi connectivity index (χ0n) is 18.9. The standard InChI is InChI=1S/C24H36N2O4/c1-24(2,3)30-23(28)26-15-7-9-20(17-26)22(27)25-14-6-5-8-19(16-25)18-10-12-21(29-4)13-11-18/h10-13,19-20H,5-9,14-17H2,1-4H3/t19-,20-/m1/s1. The second-order valence-electron chi connectivity index (χ2n) is 9.52. The maximum atomic E-state index is 13.4. The van der Waals surface area contributed by atoms with Gasteiger partial charge in [0.1, 0.15) is 11.4 Å². The molecular weight excluding hydrogens is 380 g/mol. The lowest BCUT2D eigenvalue weighted by molar-refractivity contribution is -0.137. The van der Waals surface area contributed by atoms with Crippen molar-refractivity contribution < 1.29 is 19.1 Å². The first-order valence-electron chi connectivity index (χ1n) is 11.2. The molecule has 1 aromatic carbocycles. The van der Waals surface area contributed by atoms with E-state index in [1.54, 1.807) is 12.0 Å². The van der Waals surface area contributed by atoms with E-state index in [2.05, 4.69) is 12.1 Å². The number of ether oxygens (including phenoxy) is 2. The molecule has 2 heterocycles. The van der Waals surface area contributed by atoms with Gasteiger partial charge in [-0.3, -0.25) is 4.79 Å². The van der Waals surface area contributed by atoms with Crippen molar-refractivity contribution >= 4 is 12.0 Å². The Labute approximate surface area is 180 Å². The Morgan fingerprint density at radius 2 is 1.63 bits per heavy atom. The highest BCUT2D eigenvalue weighted by Gasteiger charge is 2.34. The maximum absolute atomic E-state index is 13.4. The number of carbonyl (C=O) groups is 2. The first-order chi connectivity index (χ1) is 14.3. The van der Waals surface area contributed by atoms with Crippen LogP contribution in [0.4, 0.5) is 4.79 Å². The maximum Gasteiger partial charge on any atom is 0.410 e. The van der Waals surface area contributed by atoms with E-state index >= 15 is 0 Å². The Bertz CT molecular complexity index is 726. The molecule has 2 saturated heterocycles. The van der Waals surface area contributed by atoms with Crippen LogP contribution >= 0.6 is 0 Å². The van der Waals surface area contributed by atoms with Gasteiger partial charge in [0.2, 0.25) is 5.91 Å². The molecule has 3 rings (SSSR count). The number of carbonyl (C=O) groups excluding carboxylic acids is 2. The van der Waals surface area contributed by atoms with E-state index in [0.717, 1.165) is 50.9 Å². The molecule has 6 heteroatoms. The quantitative estimate of drug-likeness (QED) is 0.731. The van der Waals surface area contributed by atoms with Crippen LogP contribution in [0.15, 0.2) is 24.3 Å². The molecule has 1 aromatic rings. The van der Waals surface area contributed by atoms with Crippen LogP contribution in [0, 0.1) is 5.92 Å². The molecule has 30 heavy (non-hydrogen) atoms. The van der Waals surface area contributed by atoms with Crippen molar-refractivity contribution in [3.8, 4) is 5.75 Å². The molecule has 0 saturated carbocycles. The third-order valence-corrected chi connectivity index (χ3v) is 5.99. The summed E-state index contributed by atoms with van der Waals surface area (Å²) in [5, 5.41) is 0. The molecule has 0 bridgehead atoms. The third-order valence-electron chi connectivity index (χ3n) is 5.99. The minimum atomic E-state index is -0.523. The first-order valence-corrected chi connectivity index (χ1v) is 11.2. The van der Waals surface area contributed by atoms with E-state index < -0.39 is 5.60 Å². The summed E-state index contributed by atoms with van der Waals surface area (Å²) in [4.78, 5) is 29.6. The van der Waals surface area contributed by atoms with Crippen molar-refractivity contribution in [2.75, 3.05) is 33.3 Å². The number of rotatable bonds is 3. The number of hydrogen-bond donors (Lipinski definition) is 0. The molecule has 2 aliphatic rings. The Hall–Kier alpha value is -2.24. The van der Waals surface area contributed by atoms with Crippen molar-refractivity contribution in [1.29, 1.82) is 0 Å². The normalized spacial score (nSPS) is 22.9. The lowest BCUT2D eigenvalue weighted by atomic mass is 9.93. The minimum absolute atomic E-state index is 0.138. The van der Waals surface area contributed by atoms with Gasteiger partial charge in [0.05, 0.1) is 13.0 Å². The fourth-order valence-corrected chi connectivity index (χ4v) is 4.42. The van der Waals surface area contributed by atoms with Crippen LogP contribution in [0.5, 0.6) is 5.75 Å². The molecule has 0 unspecified atom stereocenters. The number of benzene rings is 1. The van der Waals surface area contributed by atoms with Gasteiger partial charge in [-0.2, -0.15) is 0 Å². The SMILES string of the molecule is COc1ccc([C@@H]2CCCCN(C(=O)[C@@H]3CCCN(C(=O)OC(C)(C)C)C3)C2)cc1. The second kappa shape index (κ2) is 9.71. The van der Waals surface area contributed by atoms with Crippen LogP contribution in [-0.2, 0) is 9.53 Å². The summed E-state index contributed by atoms with van der Waals surface area (Å²) in [6, 6.07) is 8.21. The van der Waals surface area contributed by atoms with Crippen LogP contribution in [0.25, 0.3) is 0 Å². The number of likely N-dealkylation sites (tertiary alicyclic amines) is 2. The Morgan fingerprint density at radius 1 is 0.933 bits per heavy atom. The average Bonchev–Trinajstić information content (AvgIpc) is 2.98. The van der Waals surface area contributed by atoms with E-state index in [0.29, 0.717) is 19.0 Å². The molecule has 0 aliphatic carbocycles. The summed E-state index contributed by atoms with van der Waals surface area (Å²) < 4.78 is 10.8. The molecular formula is C24H36N2O4. The summed E-state index contributed by atoms with van der Waals surface area (Å²) in [5.41, 5.74) is 0.735. The summed E-state index contributed by atoms with van der Waals surface area (Å²) in [7, 11) is 1.67. The topological polar surface area (TPSA) is 59.1 Å². The van der Waals surface area contributed by atoms with Crippen LogP contribution in [-0.4, -0.2) is 60.7 Å². The zero-order chi connectivity index (χ0) is 21.7. The minimum Gasteiger partial charge on any atom is -0.497 e. The van der Waals surface area contributed by atoms with Crippen LogP contribution in [0.1, 0.15) is 64.4 Å². The molecule has 2 fully saturated rings. The molecule has 166 valence electrons. The van der Waals surface area contributed by atoms with Crippen molar-refractivity contribution in [3.63, 3.8) is 0 Å².